The van der Waals surface area contributed by atoms with Crippen LogP contribution >= 0.6 is 0 Å². The van der Waals surface area contributed by atoms with Gasteiger partial charge in [0.25, 0.3) is 0 Å². The highest BCUT2D eigenvalue weighted by atomic mass is 17.2. The summed E-state index contributed by atoms with van der Waals surface area (Å²) in [4.78, 5) is 28.9. The van der Waals surface area contributed by atoms with E-state index in [-0.39, 0.29) is 11.3 Å². The van der Waals surface area contributed by atoms with Crippen molar-refractivity contribution in [2.75, 3.05) is 14.2 Å². The van der Waals surface area contributed by atoms with Gasteiger partial charge in [0, 0.05) is 6.07 Å². The molecule has 82 valence electrons. The maximum Gasteiger partial charge on any atom is 0.339 e. The van der Waals surface area contributed by atoms with Gasteiger partial charge in [-0.15, -0.1) is 0 Å². The lowest BCUT2D eigenvalue weighted by molar-refractivity contribution is -0.184. The van der Waals surface area contributed by atoms with Crippen LogP contribution in [0.1, 0.15) is 10.4 Å². The molecule has 0 atom stereocenters. The average Bonchev–Trinajstić information content (AvgIpc) is 2.18. The van der Waals surface area contributed by atoms with E-state index in [4.69, 9.17) is 9.99 Å². The van der Waals surface area contributed by atoms with Crippen molar-refractivity contribution in [3.8, 4) is 11.5 Å². The van der Waals surface area contributed by atoms with Gasteiger partial charge in [-0.1, -0.05) is 0 Å². The molecule has 0 saturated heterocycles. The normalized spacial score (nSPS) is 9.73. The highest BCUT2D eigenvalue weighted by molar-refractivity contribution is 5.91. The zero-order valence-corrected chi connectivity index (χ0v) is 8.22. The minimum Gasteiger partial charge on any atom is -0.478 e. The zero-order chi connectivity index (χ0) is 11.3. The Bertz CT molecular complexity index is 348. The third kappa shape index (κ3) is 2.83. The molecule has 0 radical (unpaired) electrons. The number of benzene rings is 1. The summed E-state index contributed by atoms with van der Waals surface area (Å²) in [7, 11) is 2.61. The van der Waals surface area contributed by atoms with E-state index in [1.807, 2.05) is 0 Å². The number of aromatic carboxylic acids is 1. The van der Waals surface area contributed by atoms with Gasteiger partial charge in [0.15, 0.2) is 11.5 Å². The van der Waals surface area contributed by atoms with E-state index in [0.29, 0.717) is 5.75 Å². The smallest absolute Gasteiger partial charge is 0.339 e. The molecule has 0 fully saturated rings. The van der Waals surface area contributed by atoms with Crippen LogP contribution in [0.15, 0.2) is 18.2 Å². The maximum atomic E-state index is 10.8. The molecule has 0 aliphatic heterocycles. The Kier molecular flexibility index (Phi) is 3.90. The number of carboxylic acid groups (broad SMARTS) is 1. The molecule has 0 bridgehead atoms. The van der Waals surface area contributed by atoms with Crippen molar-refractivity contribution < 1.29 is 29.5 Å². The Balaban J connectivity index is 3.03. The van der Waals surface area contributed by atoms with Crippen LogP contribution in [-0.2, 0) is 9.78 Å². The number of hydrogen-bond acceptors (Lipinski definition) is 5. The average molecular weight is 214 g/mol. The molecule has 0 spiro atoms. The van der Waals surface area contributed by atoms with Crippen molar-refractivity contribution in [3.05, 3.63) is 23.8 Å². The Labute approximate surface area is 85.8 Å². The molecule has 1 N–H and O–H groups in total. The number of hydrogen-bond donors (Lipinski definition) is 1. The van der Waals surface area contributed by atoms with Gasteiger partial charge in [-0.05, 0) is 12.1 Å². The number of rotatable bonds is 5. The summed E-state index contributed by atoms with van der Waals surface area (Å²) in [6.07, 6.45) is 0. The van der Waals surface area contributed by atoms with E-state index in [1.54, 1.807) is 0 Å². The fourth-order valence-corrected chi connectivity index (χ4v) is 0.986. The van der Waals surface area contributed by atoms with Gasteiger partial charge in [-0.25, -0.2) is 4.79 Å². The molecule has 0 unspecified atom stereocenters. The highest BCUT2D eigenvalue weighted by Gasteiger charge is 2.13. The second kappa shape index (κ2) is 5.18. The first-order valence-corrected chi connectivity index (χ1v) is 3.97. The van der Waals surface area contributed by atoms with Crippen molar-refractivity contribution in [3.63, 3.8) is 0 Å². The summed E-state index contributed by atoms with van der Waals surface area (Å²) in [5.74, 6) is -0.764. The van der Waals surface area contributed by atoms with Crippen LogP contribution < -0.4 is 9.78 Å². The molecule has 0 aliphatic carbocycles. The molecule has 1 aromatic rings. The van der Waals surface area contributed by atoms with Crippen molar-refractivity contribution >= 4 is 5.97 Å². The molecule has 0 saturated carbocycles. The van der Waals surface area contributed by atoms with Gasteiger partial charge in [0.05, 0.1) is 14.2 Å². The predicted molar refractivity (Wildman–Crippen MR) is 48.7 cm³/mol. The van der Waals surface area contributed by atoms with Crippen LogP contribution in [-0.4, -0.2) is 25.3 Å². The summed E-state index contributed by atoms with van der Waals surface area (Å²) in [5, 5.41) is 8.81. The summed E-state index contributed by atoms with van der Waals surface area (Å²) in [6.45, 7) is 0. The first kappa shape index (κ1) is 11.3. The largest absolute Gasteiger partial charge is 0.478 e. The number of carbonyl (C=O) groups is 1. The highest BCUT2D eigenvalue weighted by Crippen LogP contribution is 2.25. The topological polar surface area (TPSA) is 74.2 Å². The second-order valence-electron chi connectivity index (χ2n) is 2.46. The van der Waals surface area contributed by atoms with Crippen LogP contribution in [0.25, 0.3) is 0 Å². The van der Waals surface area contributed by atoms with Gasteiger partial charge in [-0.3, -0.25) is 0 Å². The fourth-order valence-electron chi connectivity index (χ4n) is 0.986. The van der Waals surface area contributed by atoms with Crippen LogP contribution in [0, 0.1) is 0 Å². The lowest BCUT2D eigenvalue weighted by Crippen LogP contribution is -2.03. The van der Waals surface area contributed by atoms with Gasteiger partial charge < -0.3 is 14.9 Å². The van der Waals surface area contributed by atoms with Crippen molar-refractivity contribution in [2.24, 2.45) is 0 Å². The summed E-state index contributed by atoms with van der Waals surface area (Å²) < 4.78 is 0. The van der Waals surface area contributed by atoms with Crippen molar-refractivity contribution in [1.82, 2.24) is 0 Å². The van der Waals surface area contributed by atoms with E-state index in [0.717, 1.165) is 0 Å². The summed E-state index contributed by atoms with van der Waals surface area (Å²) in [5.41, 5.74) is -0.0275. The molecule has 0 heterocycles. The van der Waals surface area contributed by atoms with Gasteiger partial charge in [-0.2, -0.15) is 9.78 Å². The van der Waals surface area contributed by atoms with Gasteiger partial charge in [0.1, 0.15) is 5.56 Å². The summed E-state index contributed by atoms with van der Waals surface area (Å²) in [6, 6.07) is 4.11. The minimum absolute atomic E-state index is 0.0275. The molecular weight excluding hydrogens is 204 g/mol. The van der Waals surface area contributed by atoms with Crippen LogP contribution in [0.2, 0.25) is 0 Å². The van der Waals surface area contributed by atoms with Crippen LogP contribution in [0.4, 0.5) is 0 Å². The molecule has 6 heteroatoms. The third-order valence-electron chi connectivity index (χ3n) is 1.54. The molecule has 1 aromatic carbocycles. The molecule has 6 nitrogen and oxygen atoms in total. The zero-order valence-electron chi connectivity index (χ0n) is 8.22. The monoisotopic (exact) mass is 214 g/mol. The SMILES string of the molecule is COOc1ccc(C(=O)O)c(OOC)c1. The quantitative estimate of drug-likeness (QED) is 0.587. The van der Waals surface area contributed by atoms with Gasteiger partial charge in [0.2, 0.25) is 0 Å². The Morgan fingerprint density at radius 3 is 2.40 bits per heavy atom. The first-order chi connectivity index (χ1) is 7.19. The van der Waals surface area contributed by atoms with E-state index < -0.39 is 5.97 Å². The van der Waals surface area contributed by atoms with Crippen LogP contribution in [0.5, 0.6) is 11.5 Å². The fraction of sp³-hybridized carbons (Fsp3) is 0.222. The van der Waals surface area contributed by atoms with Crippen molar-refractivity contribution in [1.29, 1.82) is 0 Å². The number of carboxylic acids is 1. The lowest BCUT2D eigenvalue weighted by Gasteiger charge is -2.07. The van der Waals surface area contributed by atoms with Crippen LogP contribution in [0.3, 0.4) is 0 Å². The second-order valence-corrected chi connectivity index (χ2v) is 2.46. The standard InChI is InChI=1S/C9H10O6/c1-12-14-6-3-4-7(9(10)11)8(5-6)15-13-2/h3-5H,1-2H3,(H,10,11). The van der Waals surface area contributed by atoms with E-state index in [9.17, 15) is 4.79 Å². The Morgan fingerprint density at radius 2 is 1.87 bits per heavy atom. The minimum atomic E-state index is -1.12. The molecule has 0 aromatic heterocycles. The van der Waals surface area contributed by atoms with E-state index >= 15 is 0 Å². The lowest BCUT2D eigenvalue weighted by atomic mass is 10.2. The first-order valence-electron chi connectivity index (χ1n) is 3.97. The van der Waals surface area contributed by atoms with Gasteiger partial charge >= 0.3 is 5.97 Å². The Morgan fingerprint density at radius 1 is 1.20 bits per heavy atom. The maximum absolute atomic E-state index is 10.8. The molecule has 0 aliphatic rings. The van der Waals surface area contributed by atoms with Crippen molar-refractivity contribution in [2.45, 2.75) is 0 Å². The molecule has 1 rings (SSSR count). The molecule has 0 amide bonds. The molecule has 15 heavy (non-hydrogen) atoms. The third-order valence-corrected chi connectivity index (χ3v) is 1.54. The van der Waals surface area contributed by atoms with E-state index in [2.05, 4.69) is 14.7 Å². The molecular formula is C9H10O6. The predicted octanol–water partition coefficient (Wildman–Crippen LogP) is 1.27. The summed E-state index contributed by atoms with van der Waals surface area (Å²) >= 11 is 0. The van der Waals surface area contributed by atoms with E-state index in [1.165, 1.54) is 32.4 Å². The Hall–Kier alpha value is -1.79.